The van der Waals surface area contributed by atoms with Gasteiger partial charge in [0.25, 0.3) is 0 Å². The molecule has 0 heterocycles. The third kappa shape index (κ3) is 7.21. The molecule has 2 rings (SSSR count). The maximum Gasteiger partial charge on any atom is 0.416 e. The number of carbonyl (C=O) groups excluding carboxylic acids is 2. The van der Waals surface area contributed by atoms with Gasteiger partial charge in [0.05, 0.1) is 17.5 Å². The Morgan fingerprint density at radius 1 is 1.06 bits per heavy atom. The number of amides is 2. The molecular formula is C22H26F3N3O4S. The number of nitrogens with one attached hydrogen (secondary N) is 1. The molecule has 1 atom stereocenters. The number of benzene rings is 2. The summed E-state index contributed by atoms with van der Waals surface area (Å²) in [5, 5.41) is 2.45. The number of carbonyl (C=O) groups is 2. The van der Waals surface area contributed by atoms with Crippen LogP contribution in [0.4, 0.5) is 18.9 Å². The van der Waals surface area contributed by atoms with E-state index >= 15 is 0 Å². The van der Waals surface area contributed by atoms with Crippen molar-refractivity contribution in [3.05, 3.63) is 65.7 Å². The molecule has 0 spiro atoms. The Balaban J connectivity index is 2.35. The Bertz CT molecular complexity index is 1080. The number of alkyl halides is 3. The summed E-state index contributed by atoms with van der Waals surface area (Å²) in [4.78, 5) is 26.6. The maximum atomic E-state index is 13.2. The zero-order valence-corrected chi connectivity index (χ0v) is 19.3. The van der Waals surface area contributed by atoms with E-state index in [-0.39, 0.29) is 12.2 Å². The second kappa shape index (κ2) is 10.7. The zero-order chi connectivity index (χ0) is 24.8. The van der Waals surface area contributed by atoms with Crippen LogP contribution in [0, 0.1) is 0 Å². The van der Waals surface area contributed by atoms with Crippen LogP contribution >= 0.6 is 0 Å². The minimum Gasteiger partial charge on any atom is -0.357 e. The van der Waals surface area contributed by atoms with E-state index in [9.17, 15) is 31.2 Å². The first-order valence-corrected chi connectivity index (χ1v) is 11.9. The lowest BCUT2D eigenvalue weighted by Gasteiger charge is -2.31. The number of nitrogens with zero attached hydrogens (tertiary/aromatic N) is 2. The Kier molecular flexibility index (Phi) is 8.48. The van der Waals surface area contributed by atoms with Crippen molar-refractivity contribution in [2.24, 2.45) is 0 Å². The van der Waals surface area contributed by atoms with Gasteiger partial charge in [0.2, 0.25) is 21.8 Å². The standard InChI is InChI=1S/C22H26F3N3O4S/c1-16(21(30)26-2)27(13-12-17-8-5-4-6-9-17)20(29)15-28(33(3,31)32)19-11-7-10-18(14-19)22(23,24)25/h4-11,14,16H,12-13,15H2,1-3H3,(H,26,30)/t16-/m0/s1. The molecular weight excluding hydrogens is 459 g/mol. The molecule has 2 aromatic rings. The van der Waals surface area contributed by atoms with Crippen LogP contribution in [-0.2, 0) is 32.2 Å². The van der Waals surface area contributed by atoms with Crippen LogP contribution < -0.4 is 9.62 Å². The fourth-order valence-corrected chi connectivity index (χ4v) is 4.07. The third-order valence-corrected chi connectivity index (χ3v) is 6.18. The highest BCUT2D eigenvalue weighted by Crippen LogP contribution is 2.32. The number of halogens is 3. The quantitative estimate of drug-likeness (QED) is 0.592. The molecule has 0 fully saturated rings. The average Bonchev–Trinajstić information content (AvgIpc) is 2.76. The summed E-state index contributed by atoms with van der Waals surface area (Å²) in [6.07, 6.45) is -3.48. The Hall–Kier alpha value is -3.08. The summed E-state index contributed by atoms with van der Waals surface area (Å²) < 4.78 is 64.8. The summed E-state index contributed by atoms with van der Waals surface area (Å²) >= 11 is 0. The fourth-order valence-electron chi connectivity index (χ4n) is 3.23. The molecule has 2 aromatic carbocycles. The second-order valence-electron chi connectivity index (χ2n) is 7.43. The summed E-state index contributed by atoms with van der Waals surface area (Å²) in [5.41, 5.74) is -0.436. The minimum atomic E-state index is -4.68. The lowest BCUT2D eigenvalue weighted by molar-refractivity contribution is -0.138. The van der Waals surface area contributed by atoms with Crippen LogP contribution in [0.2, 0.25) is 0 Å². The molecule has 11 heteroatoms. The van der Waals surface area contributed by atoms with E-state index in [1.807, 2.05) is 30.3 Å². The lowest BCUT2D eigenvalue weighted by atomic mass is 10.1. The maximum absolute atomic E-state index is 13.2. The smallest absolute Gasteiger partial charge is 0.357 e. The van der Waals surface area contributed by atoms with Crippen LogP contribution in [0.3, 0.4) is 0 Å². The van der Waals surface area contributed by atoms with Gasteiger partial charge in [-0.2, -0.15) is 13.2 Å². The van der Waals surface area contributed by atoms with Gasteiger partial charge in [-0.05, 0) is 37.1 Å². The number of rotatable bonds is 9. The minimum absolute atomic E-state index is 0.109. The third-order valence-electron chi connectivity index (χ3n) is 5.04. The highest BCUT2D eigenvalue weighted by molar-refractivity contribution is 7.92. The van der Waals surface area contributed by atoms with Gasteiger partial charge in [0, 0.05) is 13.6 Å². The molecule has 33 heavy (non-hydrogen) atoms. The van der Waals surface area contributed by atoms with Gasteiger partial charge in [-0.25, -0.2) is 8.42 Å². The molecule has 0 saturated carbocycles. The summed E-state index contributed by atoms with van der Waals surface area (Å²) in [5.74, 6) is -1.17. The summed E-state index contributed by atoms with van der Waals surface area (Å²) in [6.45, 7) is 0.852. The van der Waals surface area contributed by atoms with Gasteiger partial charge < -0.3 is 10.2 Å². The number of hydrogen-bond donors (Lipinski definition) is 1. The first kappa shape index (κ1) is 26.2. The molecule has 0 aliphatic carbocycles. The van der Waals surface area contributed by atoms with E-state index in [0.717, 1.165) is 24.0 Å². The Morgan fingerprint density at radius 3 is 2.24 bits per heavy atom. The molecule has 0 aromatic heterocycles. The number of sulfonamides is 1. The molecule has 0 bridgehead atoms. The predicted octanol–water partition coefficient (Wildman–Crippen LogP) is 2.68. The first-order chi connectivity index (χ1) is 15.3. The van der Waals surface area contributed by atoms with Crippen molar-refractivity contribution in [1.82, 2.24) is 10.2 Å². The number of likely N-dealkylation sites (N-methyl/N-ethyl adjacent to an activating group) is 1. The van der Waals surface area contributed by atoms with Gasteiger partial charge in [-0.15, -0.1) is 0 Å². The first-order valence-electron chi connectivity index (χ1n) is 10.0. The van der Waals surface area contributed by atoms with Crippen molar-refractivity contribution in [3.63, 3.8) is 0 Å². The van der Waals surface area contributed by atoms with Crippen molar-refractivity contribution in [3.8, 4) is 0 Å². The van der Waals surface area contributed by atoms with Gasteiger partial charge in [-0.1, -0.05) is 36.4 Å². The van der Waals surface area contributed by atoms with E-state index in [2.05, 4.69) is 5.32 Å². The highest BCUT2D eigenvalue weighted by Gasteiger charge is 2.33. The van der Waals surface area contributed by atoms with E-state index in [1.165, 1.54) is 24.9 Å². The Morgan fingerprint density at radius 2 is 1.70 bits per heavy atom. The summed E-state index contributed by atoms with van der Waals surface area (Å²) in [7, 11) is -2.70. The van der Waals surface area contributed by atoms with Gasteiger partial charge in [-0.3, -0.25) is 13.9 Å². The lowest BCUT2D eigenvalue weighted by Crippen LogP contribution is -2.51. The van der Waals surface area contributed by atoms with Crippen molar-refractivity contribution in [2.45, 2.75) is 25.6 Å². The molecule has 7 nitrogen and oxygen atoms in total. The van der Waals surface area contributed by atoms with Crippen LogP contribution in [0.5, 0.6) is 0 Å². The van der Waals surface area contributed by atoms with E-state index in [1.54, 1.807) is 0 Å². The molecule has 180 valence electrons. The van der Waals surface area contributed by atoms with Crippen LogP contribution in [0.1, 0.15) is 18.1 Å². The normalized spacial score (nSPS) is 12.7. The van der Waals surface area contributed by atoms with E-state index < -0.39 is 46.2 Å². The van der Waals surface area contributed by atoms with Crippen molar-refractivity contribution in [1.29, 1.82) is 0 Å². The second-order valence-corrected chi connectivity index (χ2v) is 9.34. The molecule has 0 saturated heterocycles. The molecule has 0 radical (unpaired) electrons. The van der Waals surface area contributed by atoms with Crippen molar-refractivity contribution >= 4 is 27.5 Å². The highest BCUT2D eigenvalue weighted by atomic mass is 32.2. The Labute approximate surface area is 191 Å². The van der Waals surface area contributed by atoms with Crippen LogP contribution in [-0.4, -0.2) is 57.6 Å². The van der Waals surface area contributed by atoms with Gasteiger partial charge in [0.15, 0.2) is 0 Å². The van der Waals surface area contributed by atoms with Gasteiger partial charge >= 0.3 is 6.18 Å². The van der Waals surface area contributed by atoms with E-state index in [0.29, 0.717) is 16.8 Å². The predicted molar refractivity (Wildman–Crippen MR) is 119 cm³/mol. The van der Waals surface area contributed by atoms with Gasteiger partial charge in [0.1, 0.15) is 12.6 Å². The number of anilines is 1. The monoisotopic (exact) mass is 485 g/mol. The topological polar surface area (TPSA) is 86.8 Å². The molecule has 0 aliphatic rings. The zero-order valence-electron chi connectivity index (χ0n) is 18.5. The summed E-state index contributed by atoms with van der Waals surface area (Å²) in [6, 6.07) is 12.0. The SMILES string of the molecule is CNC(=O)[C@H](C)N(CCc1ccccc1)C(=O)CN(c1cccc(C(F)(F)F)c1)S(C)(=O)=O. The van der Waals surface area contributed by atoms with E-state index in [4.69, 9.17) is 0 Å². The van der Waals surface area contributed by atoms with Crippen molar-refractivity contribution < 1.29 is 31.2 Å². The molecule has 1 N–H and O–H groups in total. The average molecular weight is 486 g/mol. The fraction of sp³-hybridized carbons (Fsp3) is 0.364. The molecule has 0 unspecified atom stereocenters. The van der Waals surface area contributed by atoms with Crippen LogP contribution in [0.15, 0.2) is 54.6 Å². The molecule has 0 aliphatic heterocycles. The van der Waals surface area contributed by atoms with Crippen molar-refractivity contribution in [2.75, 3.05) is 30.7 Å². The van der Waals surface area contributed by atoms with Crippen LogP contribution in [0.25, 0.3) is 0 Å². The molecule has 2 amide bonds. The largest absolute Gasteiger partial charge is 0.416 e. The number of hydrogen-bond acceptors (Lipinski definition) is 4.